The van der Waals surface area contributed by atoms with Crippen LogP contribution in [0.2, 0.25) is 0 Å². The van der Waals surface area contributed by atoms with Crippen LogP contribution in [0.1, 0.15) is 58.3 Å². The molecule has 128 valence electrons. The van der Waals surface area contributed by atoms with Gasteiger partial charge in [-0.2, -0.15) is 0 Å². The van der Waals surface area contributed by atoms with E-state index in [9.17, 15) is 4.79 Å². The summed E-state index contributed by atoms with van der Waals surface area (Å²) in [6.45, 7) is 3.21. The Hall–Kier alpha value is -0.0400. The Morgan fingerprint density at radius 2 is 1.95 bits per heavy atom. The molecular weight excluding hydrogens is 389 g/mol. The molecule has 22 heavy (non-hydrogen) atoms. The zero-order chi connectivity index (χ0) is 16.1. The van der Waals surface area contributed by atoms with Crippen LogP contribution in [0.3, 0.4) is 0 Å². The van der Waals surface area contributed by atoms with Crippen molar-refractivity contribution < 1.29 is 4.79 Å². The molecule has 1 saturated heterocycles. The number of rotatable bonds is 5. The molecule has 0 aromatic heterocycles. The summed E-state index contributed by atoms with van der Waals surface area (Å²) in [6, 6.07) is 0.0895. The van der Waals surface area contributed by atoms with E-state index < -0.39 is 0 Å². The Kier molecular flexibility index (Phi) is 7.25. The molecule has 2 amide bonds. The Balaban J connectivity index is 2.05. The molecule has 3 N–H and O–H groups in total. The number of urea groups is 1. The fourth-order valence-corrected chi connectivity index (χ4v) is 5.08. The van der Waals surface area contributed by atoms with Gasteiger partial charge in [-0.1, -0.05) is 55.2 Å². The van der Waals surface area contributed by atoms with Gasteiger partial charge in [-0.15, -0.1) is 0 Å². The van der Waals surface area contributed by atoms with Gasteiger partial charge < -0.3 is 16.0 Å². The molecule has 0 aromatic carbocycles. The van der Waals surface area contributed by atoms with Gasteiger partial charge in [-0.25, -0.2) is 4.79 Å². The first-order valence-electron chi connectivity index (χ1n) is 8.90. The molecule has 1 aliphatic heterocycles. The number of halogens is 1. The van der Waals surface area contributed by atoms with Crippen LogP contribution in [0.4, 0.5) is 4.79 Å². The van der Waals surface area contributed by atoms with Crippen LogP contribution in [0.5, 0.6) is 0 Å². The minimum Gasteiger partial charge on any atom is -0.351 e. The lowest BCUT2D eigenvalue weighted by Crippen LogP contribution is -2.53. The van der Waals surface area contributed by atoms with E-state index >= 15 is 0 Å². The molecule has 5 heteroatoms. The smallest absolute Gasteiger partial charge is 0.315 e. The Morgan fingerprint density at radius 1 is 1.27 bits per heavy atom. The second kappa shape index (κ2) is 8.71. The van der Waals surface area contributed by atoms with Crippen molar-refractivity contribution >= 4 is 28.6 Å². The molecule has 2 aliphatic rings. The van der Waals surface area contributed by atoms with Gasteiger partial charge in [0.1, 0.15) is 0 Å². The molecule has 0 aromatic rings. The van der Waals surface area contributed by atoms with Crippen LogP contribution >= 0.6 is 22.6 Å². The van der Waals surface area contributed by atoms with Gasteiger partial charge in [0.15, 0.2) is 0 Å². The van der Waals surface area contributed by atoms with Gasteiger partial charge in [0.25, 0.3) is 0 Å². The highest BCUT2D eigenvalue weighted by Crippen LogP contribution is 2.38. The molecule has 3 atom stereocenters. The van der Waals surface area contributed by atoms with E-state index in [1.54, 1.807) is 0 Å². The van der Waals surface area contributed by atoms with Crippen LogP contribution in [0.25, 0.3) is 0 Å². The highest BCUT2D eigenvalue weighted by molar-refractivity contribution is 14.1. The highest BCUT2D eigenvalue weighted by Gasteiger charge is 2.37. The van der Waals surface area contributed by atoms with Crippen LogP contribution in [-0.2, 0) is 0 Å². The number of amides is 2. The minimum atomic E-state index is -0.230. The monoisotopic (exact) mass is 421 g/mol. The summed E-state index contributed by atoms with van der Waals surface area (Å²) in [6.07, 6.45) is 10.1. The molecule has 2 fully saturated rings. The Labute approximate surface area is 149 Å². The summed E-state index contributed by atoms with van der Waals surface area (Å²) in [7, 11) is 2.03. The third-order valence-corrected chi connectivity index (χ3v) is 7.27. The molecule has 0 spiro atoms. The number of alkyl halides is 1. The molecule has 2 unspecified atom stereocenters. The van der Waals surface area contributed by atoms with E-state index in [1.807, 2.05) is 11.9 Å². The van der Waals surface area contributed by atoms with Crippen LogP contribution in [0, 0.1) is 17.8 Å². The van der Waals surface area contributed by atoms with Gasteiger partial charge in [-0.05, 0) is 44.6 Å². The molecule has 4 nitrogen and oxygen atoms in total. The molecule has 2 rings (SSSR count). The maximum absolute atomic E-state index is 11.8. The molecule has 0 radical (unpaired) electrons. The number of hydrogen-bond donors (Lipinski definition) is 2. The normalized spacial score (nSPS) is 32.5. The van der Waals surface area contributed by atoms with Crippen molar-refractivity contribution in [3.8, 4) is 0 Å². The predicted octanol–water partition coefficient (Wildman–Crippen LogP) is 3.73. The summed E-state index contributed by atoms with van der Waals surface area (Å²) in [5.41, 5.74) is 5.65. The van der Waals surface area contributed by atoms with Crippen molar-refractivity contribution in [2.75, 3.05) is 13.6 Å². The predicted molar refractivity (Wildman–Crippen MR) is 100 cm³/mol. The Bertz CT molecular complexity index is 358. The zero-order valence-corrected chi connectivity index (χ0v) is 16.2. The molecule has 1 heterocycles. The number of nitrogens with one attached hydrogen (secondary N) is 1. The van der Waals surface area contributed by atoms with E-state index in [2.05, 4.69) is 34.8 Å². The van der Waals surface area contributed by atoms with Gasteiger partial charge in [-0.3, -0.25) is 0 Å². The van der Waals surface area contributed by atoms with Gasteiger partial charge in [0, 0.05) is 18.5 Å². The van der Waals surface area contributed by atoms with Gasteiger partial charge in [0.05, 0.1) is 4.05 Å². The summed E-state index contributed by atoms with van der Waals surface area (Å²) >= 11 is 2.51. The average molecular weight is 421 g/mol. The third kappa shape index (κ3) is 4.73. The summed E-state index contributed by atoms with van der Waals surface area (Å²) < 4.78 is 0.405. The van der Waals surface area contributed by atoms with E-state index in [0.717, 1.165) is 31.2 Å². The second-order valence-electron chi connectivity index (χ2n) is 7.31. The maximum Gasteiger partial charge on any atom is 0.315 e. The SMILES string of the molecule is CN[C@@H](I)C(CC1CCC(C)CC1)C1CCCCN1C(N)=O. The quantitative estimate of drug-likeness (QED) is 0.404. The molecule has 1 saturated carbocycles. The number of primary amides is 1. The van der Waals surface area contributed by atoms with Crippen LogP contribution in [-0.4, -0.2) is 34.6 Å². The first-order valence-corrected chi connectivity index (χ1v) is 10.1. The number of carbonyl (C=O) groups excluding carboxylic acids is 1. The number of nitrogens with zero attached hydrogens (tertiary/aromatic N) is 1. The standard InChI is InChI=1S/C17H32IN3O/c1-12-6-8-13(9-7-12)11-14(16(18)20-2)15-5-3-4-10-21(15)17(19)22/h12-16,20H,3-11H2,1-2H3,(H2,19,22)/t12?,13?,14?,15?,16-/m1/s1. The summed E-state index contributed by atoms with van der Waals surface area (Å²) in [4.78, 5) is 13.8. The van der Waals surface area contributed by atoms with E-state index in [1.165, 1.54) is 38.5 Å². The third-order valence-electron chi connectivity index (χ3n) is 5.72. The number of piperidine rings is 1. The van der Waals surface area contributed by atoms with Crippen LogP contribution in [0.15, 0.2) is 0 Å². The fraction of sp³-hybridized carbons (Fsp3) is 0.941. The topological polar surface area (TPSA) is 58.4 Å². The minimum absolute atomic E-state index is 0.230. The lowest BCUT2D eigenvalue weighted by Gasteiger charge is -2.43. The Morgan fingerprint density at radius 3 is 2.55 bits per heavy atom. The second-order valence-corrected chi connectivity index (χ2v) is 8.65. The van der Waals surface area contributed by atoms with Crippen molar-refractivity contribution in [1.82, 2.24) is 10.2 Å². The van der Waals surface area contributed by atoms with Crippen LogP contribution < -0.4 is 11.1 Å². The van der Waals surface area contributed by atoms with E-state index in [-0.39, 0.29) is 6.03 Å². The van der Waals surface area contributed by atoms with Gasteiger partial charge >= 0.3 is 6.03 Å². The largest absolute Gasteiger partial charge is 0.351 e. The summed E-state index contributed by atoms with van der Waals surface area (Å²) in [5, 5.41) is 3.43. The first kappa shape index (κ1) is 18.3. The number of carbonyl (C=O) groups is 1. The number of hydrogen-bond acceptors (Lipinski definition) is 2. The van der Waals surface area contributed by atoms with E-state index in [0.29, 0.717) is 16.0 Å². The molecular formula is C17H32IN3O. The lowest BCUT2D eigenvalue weighted by molar-refractivity contribution is 0.103. The molecule has 0 bridgehead atoms. The maximum atomic E-state index is 11.8. The number of likely N-dealkylation sites (tertiary alicyclic amines) is 1. The van der Waals surface area contributed by atoms with Gasteiger partial charge in [0.2, 0.25) is 0 Å². The van der Waals surface area contributed by atoms with Crippen molar-refractivity contribution in [1.29, 1.82) is 0 Å². The van der Waals surface area contributed by atoms with Crippen molar-refractivity contribution in [2.45, 2.75) is 68.4 Å². The summed E-state index contributed by atoms with van der Waals surface area (Å²) in [5.74, 6) is 2.23. The number of nitrogens with two attached hydrogens (primary N) is 1. The van der Waals surface area contributed by atoms with E-state index in [4.69, 9.17) is 5.73 Å². The first-order chi connectivity index (χ1) is 10.5. The zero-order valence-electron chi connectivity index (χ0n) is 14.1. The van der Waals surface area contributed by atoms with Crippen molar-refractivity contribution in [2.24, 2.45) is 23.5 Å². The highest BCUT2D eigenvalue weighted by atomic mass is 127. The lowest BCUT2D eigenvalue weighted by atomic mass is 9.76. The molecule has 1 aliphatic carbocycles. The average Bonchev–Trinajstić information content (AvgIpc) is 2.53. The van der Waals surface area contributed by atoms with Crippen molar-refractivity contribution in [3.05, 3.63) is 0 Å². The van der Waals surface area contributed by atoms with Crippen molar-refractivity contribution in [3.63, 3.8) is 0 Å². The fourth-order valence-electron chi connectivity index (χ4n) is 4.31.